The first kappa shape index (κ1) is 26.6. The van der Waals surface area contributed by atoms with Gasteiger partial charge in [0.2, 0.25) is 17.8 Å². The number of amides is 2. The third-order valence-electron chi connectivity index (χ3n) is 6.14. The van der Waals surface area contributed by atoms with Crippen LogP contribution < -0.4 is 10.2 Å². The van der Waals surface area contributed by atoms with Crippen molar-refractivity contribution in [3.05, 3.63) is 53.3 Å². The number of carbonyl (C=O) groups excluding carboxylic acids is 2. The van der Waals surface area contributed by atoms with Gasteiger partial charge in [-0.15, -0.1) is 0 Å². The highest BCUT2D eigenvalue weighted by Crippen LogP contribution is 2.38. The maximum atomic E-state index is 16.4. The van der Waals surface area contributed by atoms with E-state index in [0.29, 0.717) is 22.5 Å². The van der Waals surface area contributed by atoms with Crippen LogP contribution in [-0.4, -0.2) is 59.2 Å². The average Bonchev–Trinajstić information content (AvgIpc) is 3.21. The standard InChI is InChI=1S/C27H30FN7O3/c1-26(2,3)38-25(37)31-23-32-27(4,14-20(36)34(23)7)17-11-9-12-18(21(17)28)35-19-13-8-10-16(15-29)22(19)30-24(35)33(5)6/h8-13H,14H2,1-7H3,(H,31,32,37)/t27-/m0/s1. The molecule has 1 aliphatic rings. The highest BCUT2D eigenvalue weighted by atomic mass is 19.1. The number of benzene rings is 2. The van der Waals surface area contributed by atoms with E-state index in [1.807, 2.05) is 0 Å². The molecule has 11 heteroatoms. The minimum atomic E-state index is -1.32. The molecule has 0 fully saturated rings. The predicted octanol–water partition coefficient (Wildman–Crippen LogP) is 4.06. The van der Waals surface area contributed by atoms with Crippen LogP contribution in [0.2, 0.25) is 0 Å². The second kappa shape index (κ2) is 9.45. The zero-order chi connectivity index (χ0) is 28.0. The maximum Gasteiger partial charge on any atom is 0.414 e. The van der Waals surface area contributed by atoms with Gasteiger partial charge in [-0.05, 0) is 45.9 Å². The molecule has 2 heterocycles. The molecule has 1 N–H and O–H groups in total. The summed E-state index contributed by atoms with van der Waals surface area (Å²) in [4.78, 5) is 37.5. The first-order valence-electron chi connectivity index (χ1n) is 12.0. The zero-order valence-electron chi connectivity index (χ0n) is 22.5. The Morgan fingerprint density at radius 1 is 1.24 bits per heavy atom. The molecule has 0 spiro atoms. The number of nitrogens with zero attached hydrogens (tertiary/aromatic N) is 6. The predicted molar refractivity (Wildman–Crippen MR) is 142 cm³/mol. The highest BCUT2D eigenvalue weighted by Gasteiger charge is 2.40. The summed E-state index contributed by atoms with van der Waals surface area (Å²) in [6, 6.07) is 12.1. The van der Waals surface area contributed by atoms with Crippen molar-refractivity contribution in [2.45, 2.75) is 45.3 Å². The summed E-state index contributed by atoms with van der Waals surface area (Å²) in [7, 11) is 5.04. The lowest BCUT2D eigenvalue weighted by atomic mass is 9.87. The molecule has 2 amide bonds. The quantitative estimate of drug-likeness (QED) is 0.558. The lowest BCUT2D eigenvalue weighted by Crippen LogP contribution is -2.52. The van der Waals surface area contributed by atoms with Crippen LogP contribution in [0.3, 0.4) is 0 Å². The summed E-state index contributed by atoms with van der Waals surface area (Å²) < 4.78 is 23.4. The fourth-order valence-corrected chi connectivity index (χ4v) is 4.36. The van der Waals surface area contributed by atoms with Crippen molar-refractivity contribution >= 4 is 34.9 Å². The molecule has 1 aromatic heterocycles. The van der Waals surface area contributed by atoms with Gasteiger partial charge < -0.3 is 9.64 Å². The number of aliphatic imine (C=N–C) groups is 1. The van der Waals surface area contributed by atoms with E-state index >= 15 is 4.39 Å². The Balaban J connectivity index is 1.86. The fourth-order valence-electron chi connectivity index (χ4n) is 4.36. The Hall–Kier alpha value is -4.46. The maximum absolute atomic E-state index is 16.4. The Bertz CT molecular complexity index is 1510. The number of nitriles is 1. The Kier molecular flexibility index (Phi) is 6.61. The van der Waals surface area contributed by atoms with Crippen molar-refractivity contribution in [3.63, 3.8) is 0 Å². The number of hydrogen-bond donors (Lipinski definition) is 1. The minimum absolute atomic E-state index is 0.0384. The molecule has 1 atom stereocenters. The molecular weight excluding hydrogens is 489 g/mol. The Morgan fingerprint density at radius 3 is 2.55 bits per heavy atom. The molecule has 1 aliphatic heterocycles. The van der Waals surface area contributed by atoms with Gasteiger partial charge in [-0.1, -0.05) is 18.2 Å². The van der Waals surface area contributed by atoms with Gasteiger partial charge >= 0.3 is 6.09 Å². The summed E-state index contributed by atoms with van der Waals surface area (Å²) in [6.45, 7) is 6.80. The molecule has 0 unspecified atom stereocenters. The van der Waals surface area contributed by atoms with Gasteiger partial charge in [0.25, 0.3) is 0 Å². The number of hydrogen-bond acceptors (Lipinski definition) is 7. The molecular formula is C27H30FN7O3. The van der Waals surface area contributed by atoms with E-state index in [-0.39, 0.29) is 29.5 Å². The number of aromatic nitrogens is 2. The molecule has 0 saturated carbocycles. The summed E-state index contributed by atoms with van der Waals surface area (Å²) in [5, 5.41) is 12.1. The van der Waals surface area contributed by atoms with Gasteiger partial charge in [-0.3, -0.25) is 19.6 Å². The lowest BCUT2D eigenvalue weighted by Gasteiger charge is -2.35. The molecule has 4 rings (SSSR count). The first-order valence-corrected chi connectivity index (χ1v) is 12.0. The van der Waals surface area contributed by atoms with Crippen molar-refractivity contribution < 1.29 is 18.7 Å². The van der Waals surface area contributed by atoms with Crippen LogP contribution in [-0.2, 0) is 15.1 Å². The van der Waals surface area contributed by atoms with Crippen LogP contribution in [0.25, 0.3) is 16.7 Å². The second-order valence-electron chi connectivity index (χ2n) is 10.5. The van der Waals surface area contributed by atoms with E-state index in [0.717, 1.165) is 0 Å². The van der Waals surface area contributed by atoms with Crippen molar-refractivity contribution in [1.82, 2.24) is 19.8 Å². The smallest absolute Gasteiger partial charge is 0.414 e. The van der Waals surface area contributed by atoms with Gasteiger partial charge in [0.1, 0.15) is 17.2 Å². The topological polar surface area (TPSA) is 116 Å². The van der Waals surface area contributed by atoms with E-state index in [1.54, 1.807) is 87.7 Å². The number of carbonyl (C=O) groups is 2. The number of ether oxygens (including phenoxy) is 1. The SMILES string of the molecule is CN1C(=O)C[C@@](C)(c2cccc(-n3c(N(C)C)nc4c(C#N)cccc43)c2F)N=C1NC(=O)OC(C)(C)C. The zero-order valence-corrected chi connectivity index (χ0v) is 22.5. The number of para-hydroxylation sites is 1. The van der Waals surface area contributed by atoms with E-state index in [2.05, 4.69) is 21.4 Å². The van der Waals surface area contributed by atoms with Gasteiger partial charge in [0, 0.05) is 26.7 Å². The van der Waals surface area contributed by atoms with E-state index in [4.69, 9.17) is 4.74 Å². The number of imidazole rings is 1. The molecule has 0 radical (unpaired) electrons. The molecule has 0 aliphatic carbocycles. The third-order valence-corrected chi connectivity index (χ3v) is 6.14. The van der Waals surface area contributed by atoms with Gasteiger partial charge in [-0.2, -0.15) is 5.26 Å². The number of nitrogens with one attached hydrogen (secondary N) is 1. The Morgan fingerprint density at radius 2 is 1.92 bits per heavy atom. The summed E-state index contributed by atoms with van der Waals surface area (Å²) in [5.41, 5.74) is -0.336. The number of halogens is 1. The van der Waals surface area contributed by atoms with Gasteiger partial charge in [0.15, 0.2) is 5.82 Å². The monoisotopic (exact) mass is 519 g/mol. The van der Waals surface area contributed by atoms with E-state index in [9.17, 15) is 14.9 Å². The van der Waals surface area contributed by atoms with Crippen LogP contribution in [0.15, 0.2) is 41.4 Å². The fraction of sp³-hybridized carbons (Fsp3) is 0.370. The van der Waals surface area contributed by atoms with Crippen LogP contribution >= 0.6 is 0 Å². The average molecular weight is 520 g/mol. The van der Waals surface area contributed by atoms with Crippen molar-refractivity contribution in [1.29, 1.82) is 5.26 Å². The molecule has 10 nitrogen and oxygen atoms in total. The first-order chi connectivity index (χ1) is 17.8. The lowest BCUT2D eigenvalue weighted by molar-refractivity contribution is -0.128. The summed E-state index contributed by atoms with van der Waals surface area (Å²) in [6.07, 6.45) is -0.893. The van der Waals surface area contributed by atoms with Gasteiger partial charge in [-0.25, -0.2) is 19.2 Å². The van der Waals surface area contributed by atoms with E-state index in [1.165, 1.54) is 11.9 Å². The molecule has 3 aromatic rings. The summed E-state index contributed by atoms with van der Waals surface area (Å²) in [5.74, 6) is -0.556. The molecule has 0 saturated heterocycles. The normalized spacial score (nSPS) is 17.7. The molecule has 38 heavy (non-hydrogen) atoms. The third kappa shape index (κ3) is 4.77. The van der Waals surface area contributed by atoms with Crippen LogP contribution in [0.5, 0.6) is 0 Å². The number of fused-ring (bicyclic) bond motifs is 1. The number of alkyl carbamates (subject to hydrolysis) is 1. The number of rotatable bonds is 3. The van der Waals surface area contributed by atoms with Gasteiger partial charge in [0.05, 0.1) is 28.7 Å². The van der Waals surface area contributed by atoms with Crippen LogP contribution in [0.4, 0.5) is 15.1 Å². The summed E-state index contributed by atoms with van der Waals surface area (Å²) >= 11 is 0. The van der Waals surface area contributed by atoms with Crippen molar-refractivity contribution in [2.75, 3.05) is 26.0 Å². The molecule has 0 bridgehead atoms. The molecule has 198 valence electrons. The highest BCUT2D eigenvalue weighted by molar-refractivity contribution is 6.05. The van der Waals surface area contributed by atoms with Crippen LogP contribution in [0.1, 0.15) is 45.2 Å². The molecule has 2 aromatic carbocycles. The minimum Gasteiger partial charge on any atom is -0.444 e. The van der Waals surface area contributed by atoms with E-state index < -0.39 is 23.1 Å². The second-order valence-corrected chi connectivity index (χ2v) is 10.5. The Labute approximate surface area is 220 Å². The van der Waals surface area contributed by atoms with Crippen LogP contribution in [0, 0.1) is 17.1 Å². The largest absolute Gasteiger partial charge is 0.444 e. The number of guanidine groups is 1. The van der Waals surface area contributed by atoms with Crippen molar-refractivity contribution in [2.24, 2.45) is 4.99 Å². The number of anilines is 1. The van der Waals surface area contributed by atoms with Crippen molar-refractivity contribution in [3.8, 4) is 11.8 Å².